The predicted octanol–water partition coefficient (Wildman–Crippen LogP) is 1.91. The number of amides is 2. The zero-order valence-corrected chi connectivity index (χ0v) is 11.1. The number of nitrogens with one attached hydrogen (secondary N) is 2. The van der Waals surface area contributed by atoms with Crippen LogP contribution in [0.1, 0.15) is 30.5 Å². The lowest BCUT2D eigenvalue weighted by molar-refractivity contribution is 0.142. The van der Waals surface area contributed by atoms with Crippen LogP contribution in [0.3, 0.4) is 0 Å². The minimum Gasteiger partial charge on any atom is -0.390 e. The van der Waals surface area contributed by atoms with Crippen LogP contribution >= 0.6 is 0 Å². The minimum atomic E-state index is -0.543. The standard InChI is InChI=1S/C15H20N2O2/c1-2-3-6-9-16-15(19)17-14-12-8-5-4-7-11(12)10-13(14)18/h2-5,7-8,13-14,18H,6,9-10H2,1H3,(H2,16,17,19). The Kier molecular flexibility index (Phi) is 4.58. The Morgan fingerprint density at radius 1 is 1.47 bits per heavy atom. The molecule has 0 fully saturated rings. The van der Waals surface area contributed by atoms with Gasteiger partial charge in [-0.3, -0.25) is 0 Å². The van der Waals surface area contributed by atoms with Crippen molar-refractivity contribution in [3.05, 3.63) is 47.5 Å². The summed E-state index contributed by atoms with van der Waals surface area (Å²) in [6.45, 7) is 2.55. The molecule has 1 aromatic carbocycles. The number of benzene rings is 1. The molecule has 2 rings (SSSR count). The van der Waals surface area contributed by atoms with Gasteiger partial charge in [0.1, 0.15) is 0 Å². The second-order valence-corrected chi connectivity index (χ2v) is 4.71. The van der Waals surface area contributed by atoms with E-state index in [0.29, 0.717) is 13.0 Å². The molecule has 4 heteroatoms. The number of allylic oxidation sites excluding steroid dienone is 1. The second kappa shape index (κ2) is 6.38. The highest BCUT2D eigenvalue weighted by atomic mass is 16.3. The van der Waals surface area contributed by atoms with Crippen LogP contribution in [-0.2, 0) is 6.42 Å². The summed E-state index contributed by atoms with van der Waals surface area (Å²) in [6.07, 6.45) is 4.82. The number of carbonyl (C=O) groups is 1. The zero-order chi connectivity index (χ0) is 13.7. The molecule has 1 aromatic rings. The largest absolute Gasteiger partial charge is 0.390 e. The lowest BCUT2D eigenvalue weighted by Gasteiger charge is -2.18. The van der Waals surface area contributed by atoms with Crippen molar-refractivity contribution < 1.29 is 9.90 Å². The molecule has 102 valence electrons. The highest BCUT2D eigenvalue weighted by Gasteiger charge is 2.31. The summed E-state index contributed by atoms with van der Waals surface area (Å²) in [5, 5.41) is 15.6. The average Bonchev–Trinajstić information content (AvgIpc) is 2.72. The smallest absolute Gasteiger partial charge is 0.315 e. The quantitative estimate of drug-likeness (QED) is 0.572. The molecule has 2 atom stereocenters. The Bertz CT molecular complexity index is 471. The highest BCUT2D eigenvalue weighted by Crippen LogP contribution is 2.30. The van der Waals surface area contributed by atoms with Crippen LogP contribution in [0.15, 0.2) is 36.4 Å². The molecule has 0 spiro atoms. The van der Waals surface area contributed by atoms with E-state index in [9.17, 15) is 9.90 Å². The Morgan fingerprint density at radius 2 is 2.26 bits per heavy atom. The molecule has 1 aliphatic rings. The third-order valence-electron chi connectivity index (χ3n) is 3.32. The number of fused-ring (bicyclic) bond motifs is 1. The monoisotopic (exact) mass is 260 g/mol. The molecule has 1 aliphatic carbocycles. The molecule has 2 amide bonds. The van der Waals surface area contributed by atoms with E-state index in [-0.39, 0.29) is 12.1 Å². The first kappa shape index (κ1) is 13.6. The van der Waals surface area contributed by atoms with E-state index in [0.717, 1.165) is 17.5 Å². The fourth-order valence-electron chi connectivity index (χ4n) is 2.38. The molecule has 0 saturated heterocycles. The van der Waals surface area contributed by atoms with E-state index in [1.807, 2.05) is 43.3 Å². The maximum Gasteiger partial charge on any atom is 0.315 e. The molecule has 0 heterocycles. The normalized spacial score (nSPS) is 21.4. The first-order chi connectivity index (χ1) is 9.22. The van der Waals surface area contributed by atoms with Crippen molar-refractivity contribution in [2.75, 3.05) is 6.54 Å². The van der Waals surface area contributed by atoms with Gasteiger partial charge in [0.05, 0.1) is 12.1 Å². The molecule has 0 bridgehead atoms. The number of carbonyl (C=O) groups excluding carboxylic acids is 1. The van der Waals surface area contributed by atoms with Gasteiger partial charge >= 0.3 is 6.03 Å². The predicted molar refractivity (Wildman–Crippen MR) is 74.9 cm³/mol. The number of hydrogen-bond acceptors (Lipinski definition) is 2. The third-order valence-corrected chi connectivity index (χ3v) is 3.32. The third kappa shape index (κ3) is 3.35. The molecular formula is C15H20N2O2. The lowest BCUT2D eigenvalue weighted by atomic mass is 10.1. The van der Waals surface area contributed by atoms with Crippen molar-refractivity contribution >= 4 is 6.03 Å². The van der Waals surface area contributed by atoms with Gasteiger partial charge in [-0.25, -0.2) is 4.79 Å². The van der Waals surface area contributed by atoms with E-state index < -0.39 is 6.10 Å². The summed E-state index contributed by atoms with van der Waals surface area (Å²) in [7, 11) is 0. The van der Waals surface area contributed by atoms with Crippen molar-refractivity contribution in [2.45, 2.75) is 31.9 Å². The maximum absolute atomic E-state index is 11.8. The van der Waals surface area contributed by atoms with Crippen LogP contribution in [-0.4, -0.2) is 23.8 Å². The van der Waals surface area contributed by atoms with Crippen LogP contribution in [0.25, 0.3) is 0 Å². The van der Waals surface area contributed by atoms with Gasteiger partial charge in [0, 0.05) is 13.0 Å². The van der Waals surface area contributed by atoms with Gasteiger partial charge in [-0.2, -0.15) is 0 Å². The van der Waals surface area contributed by atoms with Crippen LogP contribution < -0.4 is 10.6 Å². The fourth-order valence-corrected chi connectivity index (χ4v) is 2.38. The molecule has 3 N–H and O–H groups in total. The Morgan fingerprint density at radius 3 is 3.05 bits per heavy atom. The second-order valence-electron chi connectivity index (χ2n) is 4.71. The summed E-state index contributed by atoms with van der Waals surface area (Å²) in [5.74, 6) is 0. The Hall–Kier alpha value is -1.81. The van der Waals surface area contributed by atoms with Crippen LogP contribution in [0.2, 0.25) is 0 Å². The molecular weight excluding hydrogens is 240 g/mol. The van der Waals surface area contributed by atoms with Crippen molar-refractivity contribution in [3.63, 3.8) is 0 Å². The number of aliphatic hydroxyl groups is 1. The molecule has 19 heavy (non-hydrogen) atoms. The molecule has 4 nitrogen and oxygen atoms in total. The van der Waals surface area contributed by atoms with Crippen molar-refractivity contribution in [3.8, 4) is 0 Å². The molecule has 0 aliphatic heterocycles. The number of rotatable bonds is 4. The van der Waals surface area contributed by atoms with E-state index in [2.05, 4.69) is 10.6 Å². The topological polar surface area (TPSA) is 61.4 Å². The number of urea groups is 1. The van der Waals surface area contributed by atoms with E-state index in [1.54, 1.807) is 0 Å². The Labute approximate surface area is 113 Å². The molecule has 2 unspecified atom stereocenters. The van der Waals surface area contributed by atoms with Gasteiger partial charge in [0.15, 0.2) is 0 Å². The van der Waals surface area contributed by atoms with Crippen molar-refractivity contribution in [2.24, 2.45) is 0 Å². The lowest BCUT2D eigenvalue weighted by Crippen LogP contribution is -2.41. The van der Waals surface area contributed by atoms with Gasteiger partial charge in [-0.15, -0.1) is 0 Å². The van der Waals surface area contributed by atoms with Crippen molar-refractivity contribution in [1.29, 1.82) is 0 Å². The van der Waals surface area contributed by atoms with E-state index >= 15 is 0 Å². The minimum absolute atomic E-state index is 0.231. The highest BCUT2D eigenvalue weighted by molar-refractivity contribution is 5.74. The molecule has 0 aromatic heterocycles. The van der Waals surface area contributed by atoms with E-state index in [1.165, 1.54) is 0 Å². The summed E-state index contributed by atoms with van der Waals surface area (Å²) in [4.78, 5) is 11.8. The number of hydrogen-bond donors (Lipinski definition) is 3. The van der Waals surface area contributed by atoms with Gasteiger partial charge in [0.25, 0.3) is 0 Å². The number of aliphatic hydroxyl groups excluding tert-OH is 1. The maximum atomic E-state index is 11.8. The van der Waals surface area contributed by atoms with Crippen LogP contribution in [0, 0.1) is 0 Å². The fraction of sp³-hybridized carbons (Fsp3) is 0.400. The first-order valence-electron chi connectivity index (χ1n) is 6.63. The summed E-state index contributed by atoms with van der Waals surface area (Å²) in [6, 6.07) is 7.28. The zero-order valence-electron chi connectivity index (χ0n) is 11.1. The van der Waals surface area contributed by atoms with Gasteiger partial charge < -0.3 is 15.7 Å². The summed E-state index contributed by atoms with van der Waals surface area (Å²) in [5.41, 5.74) is 2.12. The summed E-state index contributed by atoms with van der Waals surface area (Å²) >= 11 is 0. The van der Waals surface area contributed by atoms with Gasteiger partial charge in [0.2, 0.25) is 0 Å². The summed E-state index contributed by atoms with van der Waals surface area (Å²) < 4.78 is 0. The van der Waals surface area contributed by atoms with E-state index in [4.69, 9.17) is 0 Å². The SMILES string of the molecule is CC=CCCNC(=O)NC1c2ccccc2CC1O. The Balaban J connectivity index is 1.90. The molecule has 0 radical (unpaired) electrons. The van der Waals surface area contributed by atoms with Crippen LogP contribution in [0.5, 0.6) is 0 Å². The van der Waals surface area contributed by atoms with Crippen molar-refractivity contribution in [1.82, 2.24) is 10.6 Å². The average molecular weight is 260 g/mol. The van der Waals surface area contributed by atoms with Crippen LogP contribution in [0.4, 0.5) is 4.79 Å². The first-order valence-corrected chi connectivity index (χ1v) is 6.63. The molecule has 0 saturated carbocycles. The van der Waals surface area contributed by atoms with Gasteiger partial charge in [-0.1, -0.05) is 36.4 Å². The van der Waals surface area contributed by atoms with Gasteiger partial charge in [-0.05, 0) is 24.5 Å².